The van der Waals surface area contributed by atoms with Crippen molar-refractivity contribution in [3.05, 3.63) is 47.2 Å². The number of hydrogen-bond donors (Lipinski definition) is 1. The Labute approximate surface area is 120 Å². The number of fused-ring (bicyclic) bond motifs is 1. The first-order chi connectivity index (χ1) is 9.78. The summed E-state index contributed by atoms with van der Waals surface area (Å²) < 4.78 is 6.07. The SMILES string of the molecule is CNC(C1=CCCCCC1)c1cc2cc(C)ccc2o1. The third kappa shape index (κ3) is 2.66. The van der Waals surface area contributed by atoms with Gasteiger partial charge in [-0.1, -0.05) is 24.1 Å². The first-order valence-corrected chi connectivity index (χ1v) is 7.64. The predicted molar refractivity (Wildman–Crippen MR) is 83.9 cm³/mol. The standard InChI is InChI=1S/C18H23NO/c1-13-9-10-16-15(11-13)12-17(20-16)18(19-2)14-7-5-3-4-6-8-14/h7,9-12,18-19H,3-6,8H2,1-2H3. The van der Waals surface area contributed by atoms with Gasteiger partial charge >= 0.3 is 0 Å². The molecule has 1 atom stereocenters. The molecule has 0 spiro atoms. The van der Waals surface area contributed by atoms with Crippen LogP contribution in [0, 0.1) is 6.92 Å². The maximum atomic E-state index is 6.07. The van der Waals surface area contributed by atoms with Gasteiger partial charge in [0.15, 0.2) is 0 Å². The molecule has 1 heterocycles. The summed E-state index contributed by atoms with van der Waals surface area (Å²) in [7, 11) is 2.02. The number of allylic oxidation sites excluding steroid dienone is 1. The highest BCUT2D eigenvalue weighted by Gasteiger charge is 2.19. The molecule has 0 radical (unpaired) electrons. The van der Waals surface area contributed by atoms with Crippen molar-refractivity contribution >= 4 is 11.0 Å². The summed E-state index contributed by atoms with van der Waals surface area (Å²) in [6.07, 6.45) is 8.75. The molecule has 0 fully saturated rings. The maximum Gasteiger partial charge on any atom is 0.134 e. The van der Waals surface area contributed by atoms with Gasteiger partial charge in [-0.25, -0.2) is 0 Å². The molecule has 1 aromatic heterocycles. The van der Waals surface area contributed by atoms with E-state index in [2.05, 4.69) is 42.6 Å². The number of hydrogen-bond acceptors (Lipinski definition) is 2. The van der Waals surface area contributed by atoms with Crippen LogP contribution in [0.3, 0.4) is 0 Å². The monoisotopic (exact) mass is 269 g/mol. The summed E-state index contributed by atoms with van der Waals surface area (Å²) in [5.41, 5.74) is 3.75. The molecule has 2 heteroatoms. The fourth-order valence-electron chi connectivity index (χ4n) is 3.14. The minimum atomic E-state index is 0.223. The van der Waals surface area contributed by atoms with Crippen LogP contribution < -0.4 is 5.32 Å². The van der Waals surface area contributed by atoms with Crippen LogP contribution in [-0.2, 0) is 0 Å². The number of likely N-dealkylation sites (N-methyl/N-ethyl adjacent to an activating group) is 1. The fraction of sp³-hybridized carbons (Fsp3) is 0.444. The van der Waals surface area contributed by atoms with Gasteiger partial charge in [0.05, 0.1) is 6.04 Å². The summed E-state index contributed by atoms with van der Waals surface area (Å²) in [6, 6.07) is 8.78. The van der Waals surface area contributed by atoms with E-state index < -0.39 is 0 Å². The molecular formula is C18H23NO. The maximum absolute atomic E-state index is 6.07. The van der Waals surface area contributed by atoms with Gasteiger partial charge < -0.3 is 9.73 Å². The van der Waals surface area contributed by atoms with Gasteiger partial charge in [0.1, 0.15) is 11.3 Å². The molecule has 106 valence electrons. The first-order valence-electron chi connectivity index (χ1n) is 7.64. The van der Waals surface area contributed by atoms with Crippen molar-refractivity contribution in [3.63, 3.8) is 0 Å². The Balaban J connectivity index is 1.95. The van der Waals surface area contributed by atoms with E-state index in [1.165, 1.54) is 48.6 Å². The molecule has 2 nitrogen and oxygen atoms in total. The molecule has 0 saturated carbocycles. The summed E-state index contributed by atoms with van der Waals surface area (Å²) >= 11 is 0. The summed E-state index contributed by atoms with van der Waals surface area (Å²) in [5.74, 6) is 1.04. The molecule has 1 aliphatic carbocycles. The average molecular weight is 269 g/mol. The van der Waals surface area contributed by atoms with Crippen LogP contribution in [0.15, 0.2) is 40.3 Å². The second kappa shape index (κ2) is 5.84. The minimum absolute atomic E-state index is 0.223. The Morgan fingerprint density at radius 3 is 2.90 bits per heavy atom. The van der Waals surface area contributed by atoms with Crippen molar-refractivity contribution in [1.82, 2.24) is 5.32 Å². The zero-order valence-corrected chi connectivity index (χ0v) is 12.4. The van der Waals surface area contributed by atoms with Crippen molar-refractivity contribution in [2.45, 2.75) is 45.1 Å². The molecule has 0 amide bonds. The molecule has 1 unspecified atom stereocenters. The molecule has 3 rings (SSSR count). The van der Waals surface area contributed by atoms with Crippen molar-refractivity contribution in [1.29, 1.82) is 0 Å². The highest BCUT2D eigenvalue weighted by atomic mass is 16.3. The molecule has 1 aromatic carbocycles. The van der Waals surface area contributed by atoms with Crippen LogP contribution >= 0.6 is 0 Å². The van der Waals surface area contributed by atoms with Crippen LogP contribution in [0.25, 0.3) is 11.0 Å². The minimum Gasteiger partial charge on any atom is -0.459 e. The lowest BCUT2D eigenvalue weighted by atomic mass is 10.00. The molecule has 1 N–H and O–H groups in total. The molecule has 0 bridgehead atoms. The predicted octanol–water partition coefficient (Wildman–Crippen LogP) is 4.89. The van der Waals surface area contributed by atoms with Crippen molar-refractivity contribution < 1.29 is 4.42 Å². The second-order valence-electron chi connectivity index (χ2n) is 5.79. The van der Waals surface area contributed by atoms with E-state index in [-0.39, 0.29) is 6.04 Å². The van der Waals surface area contributed by atoms with E-state index >= 15 is 0 Å². The highest BCUT2D eigenvalue weighted by molar-refractivity contribution is 5.78. The average Bonchev–Trinajstić information content (AvgIpc) is 2.67. The normalized spacial score (nSPS) is 17.8. The molecule has 1 aliphatic rings. The Bertz CT molecular complexity index is 623. The zero-order valence-electron chi connectivity index (χ0n) is 12.4. The zero-order chi connectivity index (χ0) is 13.9. The van der Waals surface area contributed by atoms with E-state index in [0.717, 1.165) is 11.3 Å². The highest BCUT2D eigenvalue weighted by Crippen LogP contribution is 2.32. The third-order valence-electron chi connectivity index (χ3n) is 4.21. The van der Waals surface area contributed by atoms with Crippen LogP contribution in [0.5, 0.6) is 0 Å². The summed E-state index contributed by atoms with van der Waals surface area (Å²) in [4.78, 5) is 0. The molecular weight excluding hydrogens is 246 g/mol. The Morgan fingerprint density at radius 1 is 1.15 bits per heavy atom. The van der Waals surface area contributed by atoms with E-state index in [4.69, 9.17) is 4.42 Å². The molecule has 20 heavy (non-hydrogen) atoms. The summed E-state index contributed by atoms with van der Waals surface area (Å²) in [6.45, 7) is 2.12. The van der Waals surface area contributed by atoms with Gasteiger partial charge in [0, 0.05) is 5.39 Å². The van der Waals surface area contributed by atoms with Gasteiger partial charge in [0.2, 0.25) is 0 Å². The van der Waals surface area contributed by atoms with Gasteiger partial charge in [0.25, 0.3) is 0 Å². The number of furan rings is 1. The van der Waals surface area contributed by atoms with Gasteiger partial charge in [-0.15, -0.1) is 0 Å². The Kier molecular flexibility index (Phi) is 3.93. The fourth-order valence-corrected chi connectivity index (χ4v) is 3.14. The number of benzene rings is 1. The van der Waals surface area contributed by atoms with Crippen LogP contribution in [0.1, 0.15) is 49.5 Å². The van der Waals surface area contributed by atoms with E-state index in [1.807, 2.05) is 7.05 Å². The lowest BCUT2D eigenvalue weighted by Gasteiger charge is -2.17. The lowest BCUT2D eigenvalue weighted by molar-refractivity contribution is 0.478. The lowest BCUT2D eigenvalue weighted by Crippen LogP contribution is -2.18. The summed E-state index contributed by atoms with van der Waals surface area (Å²) in [5, 5.41) is 4.63. The topological polar surface area (TPSA) is 25.2 Å². The van der Waals surface area contributed by atoms with Crippen molar-refractivity contribution in [2.24, 2.45) is 0 Å². The smallest absolute Gasteiger partial charge is 0.134 e. The second-order valence-corrected chi connectivity index (χ2v) is 5.79. The van der Waals surface area contributed by atoms with Gasteiger partial charge in [-0.05, 0) is 63.4 Å². The van der Waals surface area contributed by atoms with Crippen LogP contribution in [-0.4, -0.2) is 7.05 Å². The van der Waals surface area contributed by atoms with Gasteiger partial charge in [-0.2, -0.15) is 0 Å². The van der Waals surface area contributed by atoms with Gasteiger partial charge in [-0.3, -0.25) is 0 Å². The van der Waals surface area contributed by atoms with E-state index in [9.17, 15) is 0 Å². The molecule has 2 aromatic rings. The third-order valence-corrected chi connectivity index (χ3v) is 4.21. The number of nitrogens with one attached hydrogen (secondary N) is 1. The number of rotatable bonds is 3. The van der Waals surface area contributed by atoms with Crippen molar-refractivity contribution in [3.8, 4) is 0 Å². The van der Waals surface area contributed by atoms with E-state index in [0.29, 0.717) is 0 Å². The number of aryl methyl sites for hydroxylation is 1. The molecule has 0 aliphatic heterocycles. The molecule has 0 saturated heterocycles. The Hall–Kier alpha value is -1.54. The van der Waals surface area contributed by atoms with Crippen LogP contribution in [0.2, 0.25) is 0 Å². The largest absolute Gasteiger partial charge is 0.459 e. The van der Waals surface area contributed by atoms with Crippen LogP contribution in [0.4, 0.5) is 0 Å². The first kappa shape index (κ1) is 13.4. The Morgan fingerprint density at radius 2 is 2.05 bits per heavy atom. The quantitative estimate of drug-likeness (QED) is 0.802. The van der Waals surface area contributed by atoms with Crippen molar-refractivity contribution in [2.75, 3.05) is 7.05 Å². The van der Waals surface area contributed by atoms with E-state index in [1.54, 1.807) is 0 Å².